The van der Waals surface area contributed by atoms with E-state index in [1.165, 1.54) is 0 Å². The van der Waals surface area contributed by atoms with Gasteiger partial charge in [0.2, 0.25) is 0 Å². The van der Waals surface area contributed by atoms with Crippen LogP contribution < -0.4 is 5.32 Å². The lowest BCUT2D eigenvalue weighted by molar-refractivity contribution is 0.210. The van der Waals surface area contributed by atoms with E-state index in [1.54, 1.807) is 6.07 Å². The number of para-hydroxylation sites is 1. The summed E-state index contributed by atoms with van der Waals surface area (Å²) in [6.45, 7) is 1.99. The van der Waals surface area contributed by atoms with Crippen LogP contribution in [0.3, 0.4) is 0 Å². The summed E-state index contributed by atoms with van der Waals surface area (Å²) in [5, 5.41) is 12.0. The van der Waals surface area contributed by atoms with Crippen LogP contribution in [0.4, 0.5) is 10.5 Å². The van der Waals surface area contributed by atoms with Crippen LogP contribution in [-0.2, 0) is 6.42 Å². The SMILES string of the molecule is CCc1cc(NC(=O)O)c2ccccc2n1. The smallest absolute Gasteiger partial charge is 0.409 e. The second-order valence-electron chi connectivity index (χ2n) is 3.46. The zero-order chi connectivity index (χ0) is 11.5. The van der Waals surface area contributed by atoms with Gasteiger partial charge in [-0.1, -0.05) is 25.1 Å². The van der Waals surface area contributed by atoms with Gasteiger partial charge < -0.3 is 5.11 Å². The Kier molecular flexibility index (Phi) is 2.72. The van der Waals surface area contributed by atoms with Crippen molar-refractivity contribution >= 4 is 22.7 Å². The normalized spacial score (nSPS) is 10.3. The van der Waals surface area contributed by atoms with Crippen molar-refractivity contribution < 1.29 is 9.90 Å². The summed E-state index contributed by atoms with van der Waals surface area (Å²) in [5.74, 6) is 0. The van der Waals surface area contributed by atoms with Gasteiger partial charge in [0.25, 0.3) is 0 Å². The molecule has 2 N–H and O–H groups in total. The number of benzene rings is 1. The van der Waals surface area contributed by atoms with Gasteiger partial charge in [-0.25, -0.2) is 4.79 Å². The van der Waals surface area contributed by atoms with Crippen LogP contribution in [0.25, 0.3) is 10.9 Å². The maximum atomic E-state index is 10.7. The summed E-state index contributed by atoms with van der Waals surface area (Å²) in [6, 6.07) is 9.26. The second kappa shape index (κ2) is 4.18. The standard InChI is InChI=1S/C12H12N2O2/c1-2-8-7-11(14-12(15)16)9-5-3-4-6-10(9)13-8/h3-7H,2H2,1H3,(H,13,14)(H,15,16). The van der Waals surface area contributed by atoms with Crippen molar-refractivity contribution in [3.05, 3.63) is 36.0 Å². The summed E-state index contributed by atoms with van der Waals surface area (Å²) >= 11 is 0. The molecule has 0 fully saturated rings. The van der Waals surface area contributed by atoms with Gasteiger partial charge in [-0.05, 0) is 18.6 Å². The molecule has 1 heterocycles. The molecule has 0 atom stereocenters. The number of nitrogens with zero attached hydrogens (tertiary/aromatic N) is 1. The molecule has 16 heavy (non-hydrogen) atoms. The molecule has 0 spiro atoms. The number of amides is 1. The third-order valence-corrected chi connectivity index (χ3v) is 2.37. The lowest BCUT2D eigenvalue weighted by Crippen LogP contribution is -2.08. The summed E-state index contributed by atoms with van der Waals surface area (Å²) in [4.78, 5) is 15.1. The Balaban J connectivity index is 2.63. The van der Waals surface area contributed by atoms with E-state index in [4.69, 9.17) is 5.11 Å². The molecule has 4 nitrogen and oxygen atoms in total. The zero-order valence-electron chi connectivity index (χ0n) is 8.90. The van der Waals surface area contributed by atoms with E-state index in [0.717, 1.165) is 23.0 Å². The zero-order valence-corrected chi connectivity index (χ0v) is 8.90. The number of anilines is 1. The number of pyridine rings is 1. The van der Waals surface area contributed by atoms with Crippen LogP contribution in [0, 0.1) is 0 Å². The van der Waals surface area contributed by atoms with E-state index < -0.39 is 6.09 Å². The van der Waals surface area contributed by atoms with Crippen LogP contribution in [0.15, 0.2) is 30.3 Å². The van der Waals surface area contributed by atoms with Gasteiger partial charge in [0.1, 0.15) is 0 Å². The van der Waals surface area contributed by atoms with E-state index >= 15 is 0 Å². The Morgan fingerprint density at radius 2 is 2.19 bits per heavy atom. The first-order valence-corrected chi connectivity index (χ1v) is 5.09. The van der Waals surface area contributed by atoms with Crippen molar-refractivity contribution in [1.82, 2.24) is 4.98 Å². The van der Waals surface area contributed by atoms with Crippen molar-refractivity contribution in [3.63, 3.8) is 0 Å². The topological polar surface area (TPSA) is 62.2 Å². The first-order chi connectivity index (χ1) is 7.70. The molecule has 2 aromatic rings. The van der Waals surface area contributed by atoms with Gasteiger partial charge in [-0.2, -0.15) is 0 Å². The Labute approximate surface area is 92.9 Å². The predicted molar refractivity (Wildman–Crippen MR) is 62.8 cm³/mol. The van der Waals surface area contributed by atoms with Crippen molar-refractivity contribution in [2.24, 2.45) is 0 Å². The van der Waals surface area contributed by atoms with Gasteiger partial charge >= 0.3 is 6.09 Å². The number of fused-ring (bicyclic) bond motifs is 1. The molecule has 0 radical (unpaired) electrons. The molecule has 2 rings (SSSR count). The number of aryl methyl sites for hydroxylation is 1. The fourth-order valence-corrected chi connectivity index (χ4v) is 1.63. The molecular weight excluding hydrogens is 204 g/mol. The highest BCUT2D eigenvalue weighted by Gasteiger charge is 2.06. The maximum absolute atomic E-state index is 10.7. The highest BCUT2D eigenvalue weighted by Crippen LogP contribution is 2.23. The van der Waals surface area contributed by atoms with Crippen LogP contribution in [0.5, 0.6) is 0 Å². The minimum absolute atomic E-state index is 0.593. The van der Waals surface area contributed by atoms with Crippen LogP contribution >= 0.6 is 0 Å². The van der Waals surface area contributed by atoms with Gasteiger partial charge in [0.15, 0.2) is 0 Å². The quantitative estimate of drug-likeness (QED) is 0.811. The van der Waals surface area contributed by atoms with E-state index in [-0.39, 0.29) is 0 Å². The molecule has 1 aromatic carbocycles. The molecule has 0 aliphatic carbocycles. The Bertz CT molecular complexity index is 538. The largest absolute Gasteiger partial charge is 0.465 e. The molecule has 4 heteroatoms. The minimum Gasteiger partial charge on any atom is -0.465 e. The fraction of sp³-hybridized carbons (Fsp3) is 0.167. The molecular formula is C12H12N2O2. The van der Waals surface area contributed by atoms with Crippen LogP contribution in [-0.4, -0.2) is 16.2 Å². The van der Waals surface area contributed by atoms with E-state index in [1.807, 2.05) is 31.2 Å². The monoisotopic (exact) mass is 216 g/mol. The first kappa shape index (κ1) is 10.4. The van der Waals surface area contributed by atoms with Crippen molar-refractivity contribution in [1.29, 1.82) is 0 Å². The summed E-state index contributed by atoms with van der Waals surface area (Å²) in [7, 11) is 0. The predicted octanol–water partition coefficient (Wildman–Crippen LogP) is 2.89. The molecule has 1 amide bonds. The number of hydrogen-bond donors (Lipinski definition) is 2. The lowest BCUT2D eigenvalue weighted by Gasteiger charge is -2.07. The molecule has 0 unspecified atom stereocenters. The van der Waals surface area contributed by atoms with Crippen molar-refractivity contribution in [2.45, 2.75) is 13.3 Å². The number of nitrogens with one attached hydrogen (secondary N) is 1. The third kappa shape index (κ3) is 1.95. The Hall–Kier alpha value is -2.10. The Morgan fingerprint density at radius 1 is 1.44 bits per heavy atom. The van der Waals surface area contributed by atoms with Gasteiger partial charge in [-0.15, -0.1) is 0 Å². The van der Waals surface area contributed by atoms with Gasteiger partial charge in [-0.3, -0.25) is 10.3 Å². The summed E-state index contributed by atoms with van der Waals surface area (Å²) in [6.07, 6.45) is -0.280. The molecule has 0 bridgehead atoms. The van der Waals surface area contributed by atoms with Gasteiger partial charge in [0, 0.05) is 11.1 Å². The van der Waals surface area contributed by atoms with Crippen LogP contribution in [0.1, 0.15) is 12.6 Å². The molecule has 0 aliphatic rings. The Morgan fingerprint density at radius 3 is 2.88 bits per heavy atom. The first-order valence-electron chi connectivity index (χ1n) is 5.09. The molecule has 0 aliphatic heterocycles. The van der Waals surface area contributed by atoms with Crippen molar-refractivity contribution in [2.75, 3.05) is 5.32 Å². The molecule has 1 aromatic heterocycles. The van der Waals surface area contributed by atoms with Gasteiger partial charge in [0.05, 0.1) is 11.2 Å². The average Bonchev–Trinajstić information content (AvgIpc) is 2.28. The lowest BCUT2D eigenvalue weighted by atomic mass is 10.1. The fourth-order valence-electron chi connectivity index (χ4n) is 1.63. The highest BCUT2D eigenvalue weighted by atomic mass is 16.4. The minimum atomic E-state index is -1.06. The van der Waals surface area contributed by atoms with Crippen LogP contribution in [0.2, 0.25) is 0 Å². The number of carbonyl (C=O) groups is 1. The number of carboxylic acid groups (broad SMARTS) is 1. The highest BCUT2D eigenvalue weighted by molar-refractivity contribution is 5.98. The summed E-state index contributed by atoms with van der Waals surface area (Å²) < 4.78 is 0. The second-order valence-corrected chi connectivity index (χ2v) is 3.46. The van der Waals surface area contributed by atoms with E-state index in [2.05, 4.69) is 10.3 Å². The van der Waals surface area contributed by atoms with E-state index in [0.29, 0.717) is 5.69 Å². The average molecular weight is 216 g/mol. The molecule has 0 saturated carbocycles. The molecule has 0 saturated heterocycles. The summed E-state index contributed by atoms with van der Waals surface area (Å²) in [5.41, 5.74) is 2.28. The van der Waals surface area contributed by atoms with Crippen molar-refractivity contribution in [3.8, 4) is 0 Å². The number of aromatic nitrogens is 1. The van der Waals surface area contributed by atoms with E-state index in [9.17, 15) is 4.79 Å². The number of hydrogen-bond acceptors (Lipinski definition) is 2. The third-order valence-electron chi connectivity index (χ3n) is 2.37. The molecule has 82 valence electrons. The maximum Gasteiger partial charge on any atom is 0.409 e. The number of rotatable bonds is 2.